The van der Waals surface area contributed by atoms with Gasteiger partial charge in [0, 0.05) is 29.9 Å². The lowest BCUT2D eigenvalue weighted by molar-refractivity contribution is 0.0955. The molecule has 1 fully saturated rings. The number of nitrogens with one attached hydrogen (secondary N) is 1. The predicted octanol–water partition coefficient (Wildman–Crippen LogP) is 5.26. The van der Waals surface area contributed by atoms with E-state index >= 15 is 0 Å². The van der Waals surface area contributed by atoms with Gasteiger partial charge in [-0.25, -0.2) is 5.43 Å². The van der Waals surface area contributed by atoms with Crippen LogP contribution in [-0.4, -0.2) is 25.2 Å². The molecule has 1 aliphatic rings. The number of nitriles is 1. The standard InChI is InChI=1S/C26H23BrN4O2/c27-24-15-19(7-12-25(24)33-18-22-6-2-1-5-21(22)16-28)17-29-30-26(32)20-8-10-23(11-9-20)31-13-3-4-14-31/h1-2,5-12,15,17H,3-4,13-14,18H2,(H,30,32)/b29-17-. The van der Waals surface area contributed by atoms with Gasteiger partial charge in [0.25, 0.3) is 5.91 Å². The van der Waals surface area contributed by atoms with Crippen LogP contribution in [0.1, 0.15) is 39.9 Å². The van der Waals surface area contributed by atoms with Gasteiger partial charge < -0.3 is 9.64 Å². The quantitative estimate of drug-likeness (QED) is 0.352. The molecule has 0 saturated carbocycles. The Balaban J connectivity index is 1.32. The molecule has 0 unspecified atom stereocenters. The summed E-state index contributed by atoms with van der Waals surface area (Å²) in [6, 6.07) is 22.6. The Morgan fingerprint density at radius 3 is 2.61 bits per heavy atom. The number of hydrogen-bond donors (Lipinski definition) is 1. The predicted molar refractivity (Wildman–Crippen MR) is 133 cm³/mol. The maximum Gasteiger partial charge on any atom is 0.271 e. The SMILES string of the molecule is N#Cc1ccccc1COc1ccc(/C=N\NC(=O)c2ccc(N3CCCC3)cc2)cc1Br. The zero-order valence-electron chi connectivity index (χ0n) is 18.0. The minimum Gasteiger partial charge on any atom is -0.488 e. The van der Waals surface area contributed by atoms with Crippen molar-refractivity contribution in [2.24, 2.45) is 5.10 Å². The lowest BCUT2D eigenvalue weighted by atomic mass is 10.1. The van der Waals surface area contributed by atoms with Crippen LogP contribution in [0.25, 0.3) is 0 Å². The smallest absolute Gasteiger partial charge is 0.271 e. The summed E-state index contributed by atoms with van der Waals surface area (Å²) in [6.45, 7) is 2.44. The Kier molecular flexibility index (Phi) is 7.38. The van der Waals surface area contributed by atoms with Crippen molar-refractivity contribution in [1.82, 2.24) is 5.43 Å². The molecule has 1 amide bonds. The molecule has 6 nitrogen and oxygen atoms in total. The first-order valence-electron chi connectivity index (χ1n) is 10.7. The van der Waals surface area contributed by atoms with E-state index in [1.54, 1.807) is 12.3 Å². The van der Waals surface area contributed by atoms with E-state index in [0.717, 1.165) is 34.4 Å². The second-order valence-electron chi connectivity index (χ2n) is 7.69. The van der Waals surface area contributed by atoms with Crippen LogP contribution < -0.4 is 15.1 Å². The van der Waals surface area contributed by atoms with Gasteiger partial charge in [0.15, 0.2) is 0 Å². The van der Waals surface area contributed by atoms with Gasteiger partial charge in [0.2, 0.25) is 0 Å². The number of amides is 1. The van der Waals surface area contributed by atoms with Gasteiger partial charge in [-0.3, -0.25) is 4.79 Å². The first kappa shape index (κ1) is 22.6. The van der Waals surface area contributed by atoms with Crippen molar-refractivity contribution < 1.29 is 9.53 Å². The van der Waals surface area contributed by atoms with Crippen LogP contribution in [0.5, 0.6) is 5.75 Å². The maximum atomic E-state index is 12.4. The fourth-order valence-corrected chi connectivity index (χ4v) is 4.17. The van der Waals surface area contributed by atoms with Crippen LogP contribution >= 0.6 is 15.9 Å². The van der Waals surface area contributed by atoms with Crippen LogP contribution in [0.3, 0.4) is 0 Å². The Morgan fingerprint density at radius 1 is 1.12 bits per heavy atom. The topological polar surface area (TPSA) is 77.7 Å². The lowest BCUT2D eigenvalue weighted by Gasteiger charge is -2.17. The second-order valence-corrected chi connectivity index (χ2v) is 8.54. The van der Waals surface area contributed by atoms with E-state index < -0.39 is 0 Å². The van der Waals surface area contributed by atoms with Crippen molar-refractivity contribution >= 4 is 33.7 Å². The molecule has 0 aromatic heterocycles. The molecule has 0 aliphatic carbocycles. The largest absolute Gasteiger partial charge is 0.488 e. The van der Waals surface area contributed by atoms with Crippen LogP contribution in [-0.2, 0) is 6.61 Å². The summed E-state index contributed by atoms with van der Waals surface area (Å²) in [5.41, 5.74) is 6.51. The molecular weight excluding hydrogens is 480 g/mol. The molecule has 0 radical (unpaired) electrons. The third kappa shape index (κ3) is 5.79. The number of hydrazone groups is 1. The fourth-order valence-electron chi connectivity index (χ4n) is 3.65. The minimum atomic E-state index is -0.255. The van der Waals surface area contributed by atoms with E-state index in [4.69, 9.17) is 4.74 Å². The van der Waals surface area contributed by atoms with E-state index in [2.05, 4.69) is 37.4 Å². The third-order valence-corrected chi connectivity index (χ3v) is 6.08. The van der Waals surface area contributed by atoms with Crippen molar-refractivity contribution in [3.63, 3.8) is 0 Å². The first-order valence-corrected chi connectivity index (χ1v) is 11.5. The molecule has 1 N–H and O–H groups in total. The normalized spacial score (nSPS) is 13.2. The van der Waals surface area contributed by atoms with E-state index in [0.29, 0.717) is 23.5 Å². The van der Waals surface area contributed by atoms with Gasteiger partial charge in [-0.15, -0.1) is 0 Å². The molecule has 1 saturated heterocycles. The van der Waals surface area contributed by atoms with Crippen molar-refractivity contribution in [1.29, 1.82) is 5.26 Å². The molecule has 33 heavy (non-hydrogen) atoms. The number of carbonyl (C=O) groups excluding carboxylic acids is 1. The van der Waals surface area contributed by atoms with Crippen LogP contribution in [0, 0.1) is 11.3 Å². The van der Waals surface area contributed by atoms with Gasteiger partial charge in [-0.2, -0.15) is 10.4 Å². The Hall–Kier alpha value is -3.63. The summed E-state index contributed by atoms with van der Waals surface area (Å²) in [5.74, 6) is 0.399. The average molecular weight is 503 g/mol. The molecule has 0 atom stereocenters. The summed E-state index contributed by atoms with van der Waals surface area (Å²) in [6.07, 6.45) is 4.01. The van der Waals surface area contributed by atoms with E-state index in [9.17, 15) is 10.1 Å². The van der Waals surface area contributed by atoms with Crippen LogP contribution in [0.4, 0.5) is 5.69 Å². The monoisotopic (exact) mass is 502 g/mol. The average Bonchev–Trinajstić information content (AvgIpc) is 3.39. The molecule has 1 aliphatic heterocycles. The van der Waals surface area contributed by atoms with Crippen LogP contribution in [0.15, 0.2) is 76.3 Å². The maximum absolute atomic E-state index is 12.4. The Bertz CT molecular complexity index is 1200. The third-order valence-electron chi connectivity index (χ3n) is 5.46. The fraction of sp³-hybridized carbons (Fsp3) is 0.192. The highest BCUT2D eigenvalue weighted by Gasteiger charge is 2.13. The van der Waals surface area contributed by atoms with Gasteiger partial charge in [-0.05, 0) is 82.9 Å². The number of benzene rings is 3. The summed E-state index contributed by atoms with van der Waals surface area (Å²) in [5, 5.41) is 13.3. The summed E-state index contributed by atoms with van der Waals surface area (Å²) in [7, 11) is 0. The number of carbonyl (C=O) groups is 1. The number of nitrogens with zero attached hydrogens (tertiary/aromatic N) is 3. The molecule has 0 bridgehead atoms. The number of hydrogen-bond acceptors (Lipinski definition) is 5. The lowest BCUT2D eigenvalue weighted by Crippen LogP contribution is -2.19. The number of rotatable bonds is 7. The molecule has 0 spiro atoms. The summed E-state index contributed by atoms with van der Waals surface area (Å²) >= 11 is 3.51. The molecule has 3 aromatic carbocycles. The summed E-state index contributed by atoms with van der Waals surface area (Å²) < 4.78 is 6.61. The highest BCUT2D eigenvalue weighted by molar-refractivity contribution is 9.10. The number of halogens is 1. The minimum absolute atomic E-state index is 0.255. The zero-order chi connectivity index (χ0) is 23.0. The molecule has 7 heteroatoms. The van der Waals surface area contributed by atoms with Crippen molar-refractivity contribution in [2.45, 2.75) is 19.4 Å². The van der Waals surface area contributed by atoms with E-state index in [-0.39, 0.29) is 5.91 Å². The molecule has 1 heterocycles. The van der Waals surface area contributed by atoms with Crippen molar-refractivity contribution in [3.05, 3.63) is 93.5 Å². The van der Waals surface area contributed by atoms with Gasteiger partial charge in [-0.1, -0.05) is 18.2 Å². The Morgan fingerprint density at radius 2 is 1.88 bits per heavy atom. The highest BCUT2D eigenvalue weighted by Crippen LogP contribution is 2.27. The van der Waals surface area contributed by atoms with Crippen LogP contribution in [0.2, 0.25) is 0 Å². The number of anilines is 1. The molecule has 3 aromatic rings. The van der Waals surface area contributed by atoms with Gasteiger partial charge in [0.05, 0.1) is 22.3 Å². The molecule has 4 rings (SSSR count). The highest BCUT2D eigenvalue weighted by atomic mass is 79.9. The van der Waals surface area contributed by atoms with Gasteiger partial charge >= 0.3 is 0 Å². The first-order chi connectivity index (χ1) is 16.1. The second kappa shape index (κ2) is 10.8. The van der Waals surface area contributed by atoms with Crippen molar-refractivity contribution in [3.8, 4) is 11.8 Å². The Labute approximate surface area is 201 Å². The zero-order valence-corrected chi connectivity index (χ0v) is 19.6. The van der Waals surface area contributed by atoms with E-state index in [1.165, 1.54) is 12.8 Å². The van der Waals surface area contributed by atoms with E-state index in [1.807, 2.05) is 60.7 Å². The molecule has 166 valence electrons. The summed E-state index contributed by atoms with van der Waals surface area (Å²) in [4.78, 5) is 14.7. The molecular formula is C26H23BrN4O2. The van der Waals surface area contributed by atoms with Crippen molar-refractivity contribution in [2.75, 3.05) is 18.0 Å². The van der Waals surface area contributed by atoms with Gasteiger partial charge in [0.1, 0.15) is 12.4 Å². The number of ether oxygens (including phenoxy) is 1.